The standard InChI is InChI=1S/C26H36NO5P/c1-17(2)22-12-6-18(3)14-24(22)32-33(29,21-10-8-20(9-11-21)27(4)5)26(28)19-7-13-23-25(15-19)31-16-30-23/h7-11,13,15,17-18,22,24,26,28H,6,12,14,16H2,1-5H3/t18-,22-,24-,26-,33+/m1/s1. The van der Waals surface area contributed by atoms with Crippen LogP contribution in [0, 0.1) is 17.8 Å². The Hall–Kier alpha value is -2.01. The van der Waals surface area contributed by atoms with Gasteiger partial charge in [0.05, 0.1) is 6.10 Å². The Morgan fingerprint density at radius 1 is 1.06 bits per heavy atom. The average molecular weight is 474 g/mol. The number of nitrogens with zero attached hydrogens (tertiary/aromatic N) is 1. The quantitative estimate of drug-likeness (QED) is 0.532. The fourth-order valence-electron chi connectivity index (χ4n) is 4.93. The summed E-state index contributed by atoms with van der Waals surface area (Å²) < 4.78 is 32.1. The predicted molar refractivity (Wildman–Crippen MR) is 132 cm³/mol. The van der Waals surface area contributed by atoms with Crippen LogP contribution in [0.4, 0.5) is 5.69 Å². The van der Waals surface area contributed by atoms with Crippen LogP contribution in [0.2, 0.25) is 0 Å². The topological polar surface area (TPSA) is 68.2 Å². The zero-order valence-electron chi connectivity index (χ0n) is 20.2. The fourth-order valence-corrected chi connectivity index (χ4v) is 7.21. The Kier molecular flexibility index (Phi) is 7.09. The van der Waals surface area contributed by atoms with Gasteiger partial charge in [0.15, 0.2) is 17.3 Å². The van der Waals surface area contributed by atoms with Gasteiger partial charge in [0, 0.05) is 25.1 Å². The van der Waals surface area contributed by atoms with Gasteiger partial charge in [0.25, 0.3) is 7.37 Å². The van der Waals surface area contributed by atoms with Gasteiger partial charge < -0.3 is 24.0 Å². The fraction of sp³-hybridized carbons (Fsp3) is 0.538. The lowest BCUT2D eigenvalue weighted by Crippen LogP contribution is -2.35. The molecule has 2 aromatic carbocycles. The Bertz CT molecular complexity index is 1010. The van der Waals surface area contributed by atoms with Crippen molar-refractivity contribution in [3.63, 3.8) is 0 Å². The summed E-state index contributed by atoms with van der Waals surface area (Å²) in [6.07, 6.45) is 2.87. The molecule has 2 aliphatic rings. The van der Waals surface area contributed by atoms with Gasteiger partial charge in [-0.1, -0.05) is 33.3 Å². The van der Waals surface area contributed by atoms with E-state index in [4.69, 9.17) is 14.0 Å². The van der Waals surface area contributed by atoms with Crippen molar-refractivity contribution in [3.8, 4) is 11.5 Å². The Labute approximate surface area is 197 Å². The molecule has 1 N–H and O–H groups in total. The van der Waals surface area contributed by atoms with Gasteiger partial charge in [0.1, 0.15) is 0 Å². The highest BCUT2D eigenvalue weighted by molar-refractivity contribution is 7.67. The van der Waals surface area contributed by atoms with E-state index in [0.717, 1.165) is 24.9 Å². The normalized spacial score (nSPS) is 25.0. The highest BCUT2D eigenvalue weighted by atomic mass is 31.2. The van der Waals surface area contributed by atoms with Crippen LogP contribution < -0.4 is 19.7 Å². The molecule has 1 aliphatic heterocycles. The molecule has 6 nitrogen and oxygen atoms in total. The summed E-state index contributed by atoms with van der Waals surface area (Å²) in [5, 5.41) is 12.1. The summed E-state index contributed by atoms with van der Waals surface area (Å²) >= 11 is 0. The van der Waals surface area contributed by atoms with E-state index in [1.54, 1.807) is 18.2 Å². The number of benzene rings is 2. The third-order valence-corrected chi connectivity index (χ3v) is 9.54. The van der Waals surface area contributed by atoms with Crippen LogP contribution >= 0.6 is 7.37 Å². The number of aliphatic hydroxyl groups excluding tert-OH is 1. The summed E-state index contributed by atoms with van der Waals surface area (Å²) in [5.41, 5.74) is 1.50. The first-order chi connectivity index (χ1) is 15.7. The number of anilines is 1. The molecular formula is C26H36NO5P. The summed E-state index contributed by atoms with van der Waals surface area (Å²) in [5.74, 6) is 1.08. The van der Waals surface area contributed by atoms with Gasteiger partial charge in [-0.15, -0.1) is 0 Å². The smallest absolute Gasteiger partial charge is 0.264 e. The van der Waals surface area contributed by atoms with Crippen LogP contribution in [0.25, 0.3) is 0 Å². The maximum Gasteiger partial charge on any atom is 0.264 e. The highest BCUT2D eigenvalue weighted by Crippen LogP contribution is 2.61. The first-order valence-corrected chi connectivity index (χ1v) is 13.5. The number of rotatable bonds is 7. The second-order valence-electron chi connectivity index (χ2n) is 9.96. The number of hydrogen-bond acceptors (Lipinski definition) is 6. The lowest BCUT2D eigenvalue weighted by atomic mass is 9.75. The third kappa shape index (κ3) is 4.94. The molecule has 1 saturated carbocycles. The maximum absolute atomic E-state index is 14.7. The summed E-state index contributed by atoms with van der Waals surface area (Å²) in [6.45, 7) is 6.76. The molecule has 0 unspecified atom stereocenters. The molecule has 0 spiro atoms. The number of ether oxygens (including phenoxy) is 2. The van der Waals surface area contributed by atoms with E-state index in [-0.39, 0.29) is 12.9 Å². The van der Waals surface area contributed by atoms with E-state index >= 15 is 0 Å². The summed E-state index contributed by atoms with van der Waals surface area (Å²) in [4.78, 5) is 1.99. The maximum atomic E-state index is 14.7. The number of fused-ring (bicyclic) bond motifs is 1. The van der Waals surface area contributed by atoms with Crippen molar-refractivity contribution in [2.24, 2.45) is 17.8 Å². The monoisotopic (exact) mass is 473 g/mol. The minimum Gasteiger partial charge on any atom is -0.454 e. The molecule has 0 bridgehead atoms. The van der Waals surface area contributed by atoms with Crippen LogP contribution in [0.1, 0.15) is 51.4 Å². The van der Waals surface area contributed by atoms with Crippen molar-refractivity contribution < 1.29 is 23.7 Å². The summed E-state index contributed by atoms with van der Waals surface area (Å²) in [7, 11) is 0.232. The van der Waals surface area contributed by atoms with Crippen LogP contribution in [-0.2, 0) is 9.09 Å². The molecule has 33 heavy (non-hydrogen) atoms. The molecule has 5 atom stereocenters. The second-order valence-corrected chi connectivity index (χ2v) is 12.4. The van der Waals surface area contributed by atoms with Gasteiger partial charge >= 0.3 is 0 Å². The molecule has 1 fully saturated rings. The lowest BCUT2D eigenvalue weighted by molar-refractivity contribution is 0.0427. The molecule has 1 heterocycles. The molecule has 1 aliphatic carbocycles. The van der Waals surface area contributed by atoms with Crippen molar-refractivity contribution in [2.45, 2.75) is 52.0 Å². The van der Waals surface area contributed by atoms with E-state index in [1.165, 1.54) is 0 Å². The first-order valence-electron chi connectivity index (χ1n) is 11.8. The Balaban J connectivity index is 1.73. The van der Waals surface area contributed by atoms with E-state index < -0.39 is 13.2 Å². The van der Waals surface area contributed by atoms with Crippen molar-refractivity contribution in [3.05, 3.63) is 48.0 Å². The minimum atomic E-state index is -3.69. The van der Waals surface area contributed by atoms with E-state index in [0.29, 0.717) is 40.1 Å². The largest absolute Gasteiger partial charge is 0.454 e. The summed E-state index contributed by atoms with van der Waals surface area (Å²) in [6, 6.07) is 12.7. The predicted octanol–water partition coefficient (Wildman–Crippen LogP) is 5.55. The van der Waals surface area contributed by atoms with Crippen LogP contribution in [-0.4, -0.2) is 32.1 Å². The zero-order chi connectivity index (χ0) is 23.8. The van der Waals surface area contributed by atoms with Crippen LogP contribution in [0.15, 0.2) is 42.5 Å². The van der Waals surface area contributed by atoms with E-state index in [1.807, 2.05) is 43.3 Å². The van der Waals surface area contributed by atoms with Crippen molar-refractivity contribution in [2.75, 3.05) is 25.8 Å². The molecule has 0 saturated heterocycles. The van der Waals surface area contributed by atoms with E-state index in [2.05, 4.69) is 20.8 Å². The van der Waals surface area contributed by atoms with Crippen molar-refractivity contribution in [1.82, 2.24) is 0 Å². The third-order valence-electron chi connectivity index (χ3n) is 7.00. The van der Waals surface area contributed by atoms with Gasteiger partial charge in [0.2, 0.25) is 6.79 Å². The van der Waals surface area contributed by atoms with Gasteiger partial charge in [-0.05, 0) is 72.6 Å². The number of hydrogen-bond donors (Lipinski definition) is 1. The zero-order valence-corrected chi connectivity index (χ0v) is 21.1. The molecule has 180 valence electrons. The highest BCUT2D eigenvalue weighted by Gasteiger charge is 2.43. The molecule has 0 radical (unpaired) electrons. The molecule has 0 aromatic heterocycles. The number of aliphatic hydroxyl groups is 1. The van der Waals surface area contributed by atoms with Crippen molar-refractivity contribution in [1.29, 1.82) is 0 Å². The van der Waals surface area contributed by atoms with Gasteiger partial charge in [-0.3, -0.25) is 4.57 Å². The van der Waals surface area contributed by atoms with E-state index in [9.17, 15) is 9.67 Å². The molecule has 0 amide bonds. The van der Waals surface area contributed by atoms with Gasteiger partial charge in [-0.25, -0.2) is 0 Å². The first kappa shape index (κ1) is 24.1. The Morgan fingerprint density at radius 3 is 2.42 bits per heavy atom. The molecule has 2 aromatic rings. The van der Waals surface area contributed by atoms with Crippen LogP contribution in [0.3, 0.4) is 0 Å². The SMILES string of the molecule is CC(C)[C@H]1CC[C@@H](C)C[C@H]1O[P@@](=O)(c1ccc(N(C)C)cc1)[C@@H](O)c1ccc2c(c1)OCO2. The average Bonchev–Trinajstić information content (AvgIpc) is 3.26. The molecule has 4 rings (SSSR count). The minimum absolute atomic E-state index is 0.144. The van der Waals surface area contributed by atoms with Gasteiger partial charge in [-0.2, -0.15) is 0 Å². The molecular weight excluding hydrogens is 437 g/mol. The van der Waals surface area contributed by atoms with Crippen LogP contribution in [0.5, 0.6) is 11.5 Å². The second kappa shape index (κ2) is 9.69. The van der Waals surface area contributed by atoms with Crippen molar-refractivity contribution >= 4 is 18.4 Å². The Morgan fingerprint density at radius 2 is 1.76 bits per heavy atom. The molecule has 7 heteroatoms. The lowest BCUT2D eigenvalue weighted by Gasteiger charge is -2.40.